The zero-order valence-corrected chi connectivity index (χ0v) is 16.2. The number of anilines is 1. The van der Waals surface area contributed by atoms with Crippen LogP contribution < -0.4 is 10.2 Å². The summed E-state index contributed by atoms with van der Waals surface area (Å²) in [5.74, 6) is -1.71. The number of aromatic nitrogens is 3. The minimum absolute atomic E-state index is 0.0220. The van der Waals surface area contributed by atoms with Gasteiger partial charge in [0.25, 0.3) is 0 Å². The smallest absolute Gasteiger partial charge is 0.249 e. The van der Waals surface area contributed by atoms with Crippen molar-refractivity contribution in [2.75, 3.05) is 31.1 Å². The third-order valence-corrected chi connectivity index (χ3v) is 7.20. The van der Waals surface area contributed by atoms with Crippen molar-refractivity contribution >= 4 is 16.9 Å². The molecule has 7 nitrogen and oxygen atoms in total. The number of aliphatic hydroxyl groups is 2. The summed E-state index contributed by atoms with van der Waals surface area (Å²) in [5, 5.41) is 24.5. The van der Waals surface area contributed by atoms with Crippen LogP contribution in [0.1, 0.15) is 32.1 Å². The number of nitrogens with zero attached hydrogens (tertiary/aromatic N) is 3. The summed E-state index contributed by atoms with van der Waals surface area (Å²) >= 11 is 0. The lowest BCUT2D eigenvalue weighted by Gasteiger charge is -2.48. The molecular formula is C20H27F2N5O2. The molecule has 2 unspecified atom stereocenters. The van der Waals surface area contributed by atoms with E-state index in [0.29, 0.717) is 0 Å². The third kappa shape index (κ3) is 3.29. The van der Waals surface area contributed by atoms with Crippen LogP contribution in [0, 0.1) is 16.7 Å². The number of aromatic amines is 1. The van der Waals surface area contributed by atoms with E-state index in [1.807, 2.05) is 12.3 Å². The van der Waals surface area contributed by atoms with Crippen LogP contribution in [0.15, 0.2) is 18.6 Å². The molecule has 158 valence electrons. The quantitative estimate of drug-likeness (QED) is 0.546. The highest BCUT2D eigenvalue weighted by Gasteiger charge is 2.58. The summed E-state index contributed by atoms with van der Waals surface area (Å²) in [4.78, 5) is 14.1. The minimum Gasteiger partial charge on any atom is -0.396 e. The van der Waals surface area contributed by atoms with Crippen molar-refractivity contribution in [3.05, 3.63) is 18.6 Å². The van der Waals surface area contributed by atoms with Crippen molar-refractivity contribution in [1.82, 2.24) is 20.3 Å². The number of alkyl halides is 2. The number of fused-ring (bicyclic) bond motifs is 1. The molecule has 0 amide bonds. The van der Waals surface area contributed by atoms with Crippen molar-refractivity contribution in [3.8, 4) is 0 Å². The van der Waals surface area contributed by atoms with Crippen LogP contribution in [0.3, 0.4) is 0 Å². The number of nitrogens with one attached hydrogen (secondary N) is 2. The summed E-state index contributed by atoms with van der Waals surface area (Å²) in [7, 11) is 0. The average Bonchev–Trinajstić information content (AvgIpc) is 3.26. The predicted molar refractivity (Wildman–Crippen MR) is 104 cm³/mol. The minimum atomic E-state index is -2.69. The van der Waals surface area contributed by atoms with E-state index in [0.717, 1.165) is 49.2 Å². The number of halogens is 2. The van der Waals surface area contributed by atoms with Gasteiger partial charge >= 0.3 is 0 Å². The number of rotatable bonds is 6. The summed E-state index contributed by atoms with van der Waals surface area (Å²) < 4.78 is 26.6. The molecule has 4 N–H and O–H groups in total. The summed E-state index contributed by atoms with van der Waals surface area (Å²) in [5.41, 5.74) is 0.0203. The molecule has 1 aliphatic heterocycles. The van der Waals surface area contributed by atoms with Crippen LogP contribution in [0.4, 0.5) is 14.6 Å². The van der Waals surface area contributed by atoms with Gasteiger partial charge in [0.05, 0.1) is 12.0 Å². The van der Waals surface area contributed by atoms with Crippen LogP contribution >= 0.6 is 0 Å². The fourth-order valence-corrected chi connectivity index (χ4v) is 5.45. The average molecular weight is 407 g/mol. The van der Waals surface area contributed by atoms with E-state index >= 15 is 0 Å². The highest BCUT2D eigenvalue weighted by molar-refractivity contribution is 5.87. The molecule has 29 heavy (non-hydrogen) atoms. The Morgan fingerprint density at radius 2 is 2.10 bits per heavy atom. The van der Waals surface area contributed by atoms with Gasteiger partial charge in [-0.05, 0) is 30.7 Å². The zero-order valence-electron chi connectivity index (χ0n) is 16.2. The second kappa shape index (κ2) is 6.58. The lowest BCUT2D eigenvalue weighted by atomic mass is 9.66. The Bertz CT molecular complexity index is 892. The Morgan fingerprint density at radius 3 is 2.79 bits per heavy atom. The van der Waals surface area contributed by atoms with E-state index in [9.17, 15) is 19.0 Å². The topological polar surface area (TPSA) is 97.3 Å². The molecule has 2 aromatic rings. The second-order valence-electron chi connectivity index (χ2n) is 9.31. The predicted octanol–water partition coefficient (Wildman–Crippen LogP) is 1.88. The summed E-state index contributed by atoms with van der Waals surface area (Å²) in [6, 6.07) is 1.98. The zero-order chi connectivity index (χ0) is 20.3. The van der Waals surface area contributed by atoms with Gasteiger partial charge in [-0.15, -0.1) is 0 Å². The number of H-pyrrole nitrogens is 1. The molecule has 3 aliphatic rings. The molecule has 2 aliphatic carbocycles. The van der Waals surface area contributed by atoms with Gasteiger partial charge in [-0.1, -0.05) is 0 Å². The number of aliphatic hydroxyl groups excluding tert-OH is 2. The molecule has 2 aromatic heterocycles. The van der Waals surface area contributed by atoms with Gasteiger partial charge in [0.1, 0.15) is 24.0 Å². The number of hydrogen-bond donors (Lipinski definition) is 4. The molecule has 0 bridgehead atoms. The van der Waals surface area contributed by atoms with Gasteiger partial charge in [-0.3, -0.25) is 5.32 Å². The van der Waals surface area contributed by atoms with Crippen molar-refractivity contribution in [3.63, 3.8) is 0 Å². The van der Waals surface area contributed by atoms with Crippen LogP contribution in [0.25, 0.3) is 11.0 Å². The first-order valence-corrected chi connectivity index (χ1v) is 10.3. The van der Waals surface area contributed by atoms with Crippen LogP contribution in [0.2, 0.25) is 0 Å². The van der Waals surface area contributed by atoms with E-state index in [2.05, 4.69) is 25.2 Å². The lowest BCUT2D eigenvalue weighted by molar-refractivity contribution is -0.177. The van der Waals surface area contributed by atoms with E-state index < -0.39 is 17.6 Å². The van der Waals surface area contributed by atoms with E-state index in [1.54, 1.807) is 6.33 Å². The van der Waals surface area contributed by atoms with E-state index in [4.69, 9.17) is 0 Å². The van der Waals surface area contributed by atoms with Gasteiger partial charge < -0.3 is 20.1 Å². The normalized spacial score (nSPS) is 27.7. The van der Waals surface area contributed by atoms with E-state index in [1.165, 1.54) is 0 Å². The van der Waals surface area contributed by atoms with Crippen LogP contribution in [0.5, 0.6) is 0 Å². The van der Waals surface area contributed by atoms with Gasteiger partial charge in [0.2, 0.25) is 5.92 Å². The summed E-state index contributed by atoms with van der Waals surface area (Å²) in [6.45, 7) is 1.52. The molecule has 2 atom stereocenters. The second-order valence-corrected chi connectivity index (χ2v) is 9.31. The molecule has 9 heteroatoms. The molecule has 3 heterocycles. The highest BCUT2D eigenvalue weighted by atomic mass is 19.3. The molecule has 1 saturated heterocycles. The van der Waals surface area contributed by atoms with E-state index in [-0.39, 0.29) is 37.3 Å². The first kappa shape index (κ1) is 19.1. The molecule has 0 radical (unpaired) electrons. The fourth-order valence-electron chi connectivity index (χ4n) is 5.45. The Morgan fingerprint density at radius 1 is 1.31 bits per heavy atom. The van der Waals surface area contributed by atoms with Gasteiger partial charge in [0.15, 0.2) is 0 Å². The fraction of sp³-hybridized carbons (Fsp3) is 0.700. The van der Waals surface area contributed by atoms with Crippen molar-refractivity contribution in [2.24, 2.45) is 16.7 Å². The molecule has 5 rings (SSSR count). The Balaban J connectivity index is 1.25. The monoisotopic (exact) mass is 407 g/mol. The lowest BCUT2D eigenvalue weighted by Crippen LogP contribution is -2.57. The molecule has 0 aromatic carbocycles. The van der Waals surface area contributed by atoms with Crippen molar-refractivity contribution in [2.45, 2.75) is 44.3 Å². The Labute approximate surface area is 167 Å². The standard InChI is InChI=1S/C20H27F2N5O2/c21-20(22)7-18(8-20,11-28)9-24-17(29)14-2-6-27(10-19(14)3-4-19)16-13-1-5-23-15(13)25-12-26-16/h1,5,12,14,17,24,28-29H,2-4,6-11H2,(H,23,25,26). The third-order valence-electron chi connectivity index (χ3n) is 7.20. The van der Waals surface area contributed by atoms with Gasteiger partial charge in [-0.2, -0.15) is 0 Å². The largest absolute Gasteiger partial charge is 0.396 e. The SMILES string of the molecule is OCC1(CNC(O)C2CCN(c3ncnc4[nH]ccc34)CC23CC3)CC(F)(F)C1. The Hall–Kier alpha value is -1.84. The van der Waals surface area contributed by atoms with Gasteiger partial charge in [-0.25, -0.2) is 18.7 Å². The first-order chi connectivity index (χ1) is 13.9. The molecule has 1 spiro atoms. The van der Waals surface area contributed by atoms with Crippen molar-refractivity contribution in [1.29, 1.82) is 0 Å². The van der Waals surface area contributed by atoms with Crippen LogP contribution in [-0.4, -0.2) is 63.6 Å². The maximum atomic E-state index is 13.3. The maximum Gasteiger partial charge on any atom is 0.249 e. The highest BCUT2D eigenvalue weighted by Crippen LogP contribution is 2.57. The number of piperidine rings is 1. The Kier molecular flexibility index (Phi) is 4.34. The molecule has 3 fully saturated rings. The van der Waals surface area contributed by atoms with Crippen molar-refractivity contribution < 1.29 is 19.0 Å². The van der Waals surface area contributed by atoms with Gasteiger partial charge in [0, 0.05) is 50.0 Å². The first-order valence-electron chi connectivity index (χ1n) is 10.3. The summed E-state index contributed by atoms with van der Waals surface area (Å²) in [6.07, 6.45) is 4.91. The molecule has 2 saturated carbocycles. The maximum absolute atomic E-state index is 13.3. The molecular weight excluding hydrogens is 380 g/mol. The number of hydrogen-bond acceptors (Lipinski definition) is 6. The van der Waals surface area contributed by atoms with Crippen LogP contribution in [-0.2, 0) is 0 Å².